The molecule has 0 saturated carbocycles. The van der Waals surface area contributed by atoms with E-state index in [1.165, 1.54) is 92.2 Å². The third kappa shape index (κ3) is 5.33. The number of hydrogen-bond donors (Lipinski definition) is 0. The predicted molar refractivity (Wildman–Crippen MR) is 272 cm³/mol. The van der Waals surface area contributed by atoms with E-state index in [-0.39, 0.29) is 0 Å². The van der Waals surface area contributed by atoms with Crippen molar-refractivity contribution in [2.45, 2.75) is 0 Å². The van der Waals surface area contributed by atoms with Gasteiger partial charge in [0.2, 0.25) is 0 Å². The smallest absolute Gasteiger partial charge is 0.179 e. The zero-order chi connectivity index (χ0) is 42.2. The number of nitrogens with zero attached hydrogens (tertiary/aromatic N) is 3. The Morgan fingerprint density at radius 2 is 0.609 bits per heavy atom. The van der Waals surface area contributed by atoms with E-state index in [4.69, 9.17) is 0 Å². The first-order chi connectivity index (χ1) is 31.8. The second-order valence-corrected chi connectivity index (χ2v) is 20.7. The Kier molecular flexibility index (Phi) is 8.23. The van der Waals surface area contributed by atoms with E-state index >= 15 is 0 Å². The van der Waals surface area contributed by atoms with Crippen LogP contribution in [0.15, 0.2) is 249 Å². The Labute approximate surface area is 372 Å². The fraction of sp³-hybridized carbons (Fsp3) is 0. The lowest BCUT2D eigenvalue weighted by Gasteiger charge is -2.34. The first kappa shape index (κ1) is 36.5. The minimum atomic E-state index is -2.77. The Morgan fingerprint density at radius 3 is 1.12 bits per heavy atom. The van der Waals surface area contributed by atoms with Crippen molar-refractivity contribution >= 4 is 83.5 Å². The molecule has 0 bridgehead atoms. The van der Waals surface area contributed by atoms with Crippen molar-refractivity contribution in [3.63, 3.8) is 0 Å². The molecule has 10 aromatic carbocycles. The molecule has 3 aromatic heterocycles. The van der Waals surface area contributed by atoms with Crippen molar-refractivity contribution in [3.05, 3.63) is 249 Å². The molecule has 3 heterocycles. The molecule has 0 N–H and O–H groups in total. The third-order valence-corrected chi connectivity index (χ3v) is 18.3. The highest BCUT2D eigenvalue weighted by molar-refractivity contribution is 7.20. The molecule has 13 rings (SSSR count). The lowest BCUT2D eigenvalue weighted by atomic mass is 10.0. The Morgan fingerprint density at radius 1 is 0.234 bits per heavy atom. The summed E-state index contributed by atoms with van der Waals surface area (Å²) >= 11 is 0. The van der Waals surface area contributed by atoms with Gasteiger partial charge in [-0.1, -0.05) is 176 Å². The minimum Gasteiger partial charge on any atom is -0.309 e. The van der Waals surface area contributed by atoms with Gasteiger partial charge in [0.25, 0.3) is 0 Å². The Hall–Kier alpha value is -8.18. The molecule has 0 saturated heterocycles. The van der Waals surface area contributed by atoms with Gasteiger partial charge in [-0.15, -0.1) is 0 Å². The van der Waals surface area contributed by atoms with Crippen LogP contribution < -0.4 is 20.7 Å². The maximum absolute atomic E-state index is 2.77. The number of hydrogen-bond acceptors (Lipinski definition) is 0. The van der Waals surface area contributed by atoms with Gasteiger partial charge in [0.05, 0.1) is 33.1 Å². The van der Waals surface area contributed by atoms with Crippen molar-refractivity contribution in [3.8, 4) is 28.2 Å². The monoisotopic (exact) mass is 831 g/mol. The molecule has 13 aromatic rings. The van der Waals surface area contributed by atoms with Gasteiger partial charge in [-0.25, -0.2) is 0 Å². The first-order valence-corrected chi connectivity index (χ1v) is 24.1. The molecule has 4 heteroatoms. The Balaban J connectivity index is 0.990. The van der Waals surface area contributed by atoms with Gasteiger partial charge < -0.3 is 13.7 Å². The summed E-state index contributed by atoms with van der Waals surface area (Å²) in [6.45, 7) is 0. The van der Waals surface area contributed by atoms with Crippen molar-refractivity contribution in [1.82, 2.24) is 13.7 Å². The van der Waals surface area contributed by atoms with Crippen LogP contribution in [0.2, 0.25) is 0 Å². The molecule has 3 nitrogen and oxygen atoms in total. The SMILES string of the molecule is c1ccc(-n2c3cccc4c3c3c2cccc3n4-c2cccc(-c3cccc(-n4c5ccccc5c5ccc([Si](c6ccccc6)(c6ccccc6)c6ccccc6)cc54)c3)c2)cc1. The second kappa shape index (κ2) is 14.5. The van der Waals surface area contributed by atoms with Gasteiger partial charge in [0, 0.05) is 38.6 Å². The van der Waals surface area contributed by atoms with Crippen LogP contribution in [0.25, 0.3) is 82.8 Å². The molecule has 0 aliphatic carbocycles. The fourth-order valence-corrected chi connectivity index (χ4v) is 15.7. The number of aromatic nitrogens is 3. The molecule has 0 radical (unpaired) electrons. The standard InChI is InChI=1S/C60H41N3Si/c1-5-21-44(22-6-1)61-54-33-17-35-56-59(54)60-55(61)34-18-36-57(60)63(56)46-24-16-20-43(40-46)42-19-15-23-45(39-42)62-53-32-14-13-31-51(53)52-38-37-50(41-58(52)62)64(47-25-7-2-8-26-47,48-27-9-3-10-28-48)49-29-11-4-12-30-49/h1-41H. The molecule has 0 spiro atoms. The van der Waals surface area contributed by atoms with Gasteiger partial charge >= 0.3 is 0 Å². The number of fused-ring (bicyclic) bond motifs is 3. The number of para-hydroxylation sites is 2. The lowest BCUT2D eigenvalue weighted by molar-refractivity contribution is 1.16. The quantitative estimate of drug-likeness (QED) is 0.107. The van der Waals surface area contributed by atoms with E-state index in [0.29, 0.717) is 0 Å². The van der Waals surface area contributed by atoms with Crippen LogP contribution in [0.4, 0.5) is 0 Å². The third-order valence-electron chi connectivity index (χ3n) is 13.5. The Bertz CT molecular complexity index is 3660. The number of benzene rings is 10. The normalized spacial score (nSPS) is 12.1. The molecule has 300 valence electrons. The highest BCUT2D eigenvalue weighted by Crippen LogP contribution is 2.43. The van der Waals surface area contributed by atoms with Crippen LogP contribution in [-0.2, 0) is 0 Å². The van der Waals surface area contributed by atoms with Crippen LogP contribution in [0.5, 0.6) is 0 Å². The maximum atomic E-state index is 2.51. The van der Waals surface area contributed by atoms with E-state index in [0.717, 1.165) is 11.4 Å². The van der Waals surface area contributed by atoms with Gasteiger partial charge in [-0.05, 0) is 105 Å². The second-order valence-electron chi connectivity index (χ2n) is 16.9. The topological polar surface area (TPSA) is 14.8 Å². The summed E-state index contributed by atoms with van der Waals surface area (Å²) in [5.41, 5.74) is 13.1. The fourth-order valence-electron chi connectivity index (χ4n) is 10.9. The van der Waals surface area contributed by atoms with Gasteiger partial charge in [0.15, 0.2) is 8.07 Å². The molecule has 0 fully saturated rings. The molecule has 0 amide bonds. The van der Waals surface area contributed by atoms with Crippen molar-refractivity contribution < 1.29 is 0 Å². The molecular formula is C60H41N3Si. The van der Waals surface area contributed by atoms with Gasteiger partial charge in [-0.2, -0.15) is 0 Å². The minimum absolute atomic E-state index is 1.14. The average Bonchev–Trinajstić information content (AvgIpc) is 4.02. The van der Waals surface area contributed by atoms with E-state index in [1.807, 2.05) is 0 Å². The largest absolute Gasteiger partial charge is 0.309 e. The van der Waals surface area contributed by atoms with Gasteiger partial charge in [-0.3, -0.25) is 0 Å². The molecule has 0 aliphatic rings. The summed E-state index contributed by atoms with van der Waals surface area (Å²) in [4.78, 5) is 0. The highest BCUT2D eigenvalue weighted by Gasteiger charge is 2.41. The van der Waals surface area contributed by atoms with Crippen LogP contribution in [0.1, 0.15) is 0 Å². The predicted octanol–water partition coefficient (Wildman–Crippen LogP) is 12.3. The van der Waals surface area contributed by atoms with E-state index in [1.54, 1.807) is 0 Å². The van der Waals surface area contributed by atoms with Crippen LogP contribution in [-0.4, -0.2) is 21.8 Å². The van der Waals surface area contributed by atoms with Crippen molar-refractivity contribution in [2.24, 2.45) is 0 Å². The zero-order valence-electron chi connectivity index (χ0n) is 35.0. The van der Waals surface area contributed by atoms with Crippen molar-refractivity contribution in [1.29, 1.82) is 0 Å². The summed E-state index contributed by atoms with van der Waals surface area (Å²) < 4.78 is 7.34. The van der Waals surface area contributed by atoms with E-state index in [2.05, 4.69) is 262 Å². The van der Waals surface area contributed by atoms with E-state index in [9.17, 15) is 0 Å². The van der Waals surface area contributed by atoms with Crippen LogP contribution >= 0.6 is 0 Å². The lowest BCUT2D eigenvalue weighted by Crippen LogP contribution is -2.74. The van der Waals surface area contributed by atoms with Crippen LogP contribution in [0, 0.1) is 0 Å². The summed E-state index contributed by atoms with van der Waals surface area (Å²) in [6, 6.07) is 92.1. The maximum Gasteiger partial charge on any atom is 0.179 e. The van der Waals surface area contributed by atoms with Crippen molar-refractivity contribution in [2.75, 3.05) is 0 Å². The molecule has 0 unspecified atom stereocenters. The first-order valence-electron chi connectivity index (χ1n) is 22.1. The summed E-state index contributed by atoms with van der Waals surface area (Å²) in [6.07, 6.45) is 0. The highest BCUT2D eigenvalue weighted by atomic mass is 28.3. The molecular weight excluding hydrogens is 791 g/mol. The van der Waals surface area contributed by atoms with E-state index < -0.39 is 8.07 Å². The molecule has 0 aliphatic heterocycles. The van der Waals surface area contributed by atoms with Crippen LogP contribution in [0.3, 0.4) is 0 Å². The van der Waals surface area contributed by atoms with Gasteiger partial charge in [0.1, 0.15) is 0 Å². The summed E-state index contributed by atoms with van der Waals surface area (Å²) in [5.74, 6) is 0. The number of rotatable bonds is 8. The molecule has 64 heavy (non-hydrogen) atoms. The molecule has 0 atom stereocenters. The summed E-state index contributed by atoms with van der Waals surface area (Å²) in [5, 5.41) is 10.6. The zero-order valence-corrected chi connectivity index (χ0v) is 36.0. The summed E-state index contributed by atoms with van der Waals surface area (Å²) in [7, 11) is -2.77. The average molecular weight is 832 g/mol.